The number of hydrogen-bond acceptors (Lipinski definition) is 2. The second-order valence-electron chi connectivity index (χ2n) is 6.58. The zero-order valence-corrected chi connectivity index (χ0v) is 12.7. The number of aromatic nitrogens is 2. The summed E-state index contributed by atoms with van der Waals surface area (Å²) in [6.07, 6.45) is 7.32. The molecule has 20 heavy (non-hydrogen) atoms. The van der Waals surface area contributed by atoms with E-state index in [0.717, 1.165) is 29.6 Å². The molecule has 1 amide bonds. The predicted molar refractivity (Wildman–Crippen MR) is 78.5 cm³/mol. The molecule has 4 atom stereocenters. The number of aryl methyl sites for hydroxylation is 2. The normalized spacial score (nSPS) is 29.6. The minimum atomic E-state index is 0.0393. The molecule has 1 N–H and O–H groups in total. The Bertz CT molecular complexity index is 508. The molecule has 3 rings (SSSR count). The molecule has 1 aromatic rings. The highest BCUT2D eigenvalue weighted by Gasteiger charge is 2.42. The van der Waals surface area contributed by atoms with Crippen LogP contribution in [0.4, 0.5) is 0 Å². The quantitative estimate of drug-likeness (QED) is 0.918. The van der Waals surface area contributed by atoms with Crippen molar-refractivity contribution in [1.82, 2.24) is 15.1 Å². The maximum atomic E-state index is 12.4. The van der Waals surface area contributed by atoms with E-state index in [0.29, 0.717) is 5.92 Å². The Morgan fingerprint density at radius 1 is 1.50 bits per heavy atom. The lowest BCUT2D eigenvalue weighted by atomic mass is 9.84. The van der Waals surface area contributed by atoms with Crippen LogP contribution in [-0.4, -0.2) is 21.7 Å². The molecule has 0 aromatic carbocycles. The molecule has 1 aromatic heterocycles. The SMILES string of the molecule is CCn1cc(C(=O)N[C@H](C)[C@H]2C[C@@H]3CC[C@@H]2C3)c(C)n1. The summed E-state index contributed by atoms with van der Waals surface area (Å²) in [5, 5.41) is 7.56. The fraction of sp³-hybridized carbons (Fsp3) is 0.750. The minimum absolute atomic E-state index is 0.0393. The molecule has 0 radical (unpaired) electrons. The van der Waals surface area contributed by atoms with Crippen molar-refractivity contribution >= 4 is 5.91 Å². The van der Waals surface area contributed by atoms with E-state index in [2.05, 4.69) is 17.3 Å². The molecule has 1 heterocycles. The molecular weight excluding hydrogens is 250 g/mol. The molecule has 0 unspecified atom stereocenters. The molecule has 4 heteroatoms. The van der Waals surface area contributed by atoms with Gasteiger partial charge in [-0.1, -0.05) is 6.42 Å². The number of carbonyl (C=O) groups is 1. The number of nitrogens with one attached hydrogen (secondary N) is 1. The van der Waals surface area contributed by atoms with Crippen molar-refractivity contribution < 1.29 is 4.79 Å². The van der Waals surface area contributed by atoms with Gasteiger partial charge in [-0.05, 0) is 57.8 Å². The van der Waals surface area contributed by atoms with Gasteiger partial charge >= 0.3 is 0 Å². The lowest BCUT2D eigenvalue weighted by Gasteiger charge is -2.28. The van der Waals surface area contributed by atoms with Crippen LogP contribution in [0, 0.1) is 24.7 Å². The summed E-state index contributed by atoms with van der Waals surface area (Å²) in [5.41, 5.74) is 1.55. The van der Waals surface area contributed by atoms with Crippen molar-refractivity contribution in [1.29, 1.82) is 0 Å². The zero-order chi connectivity index (χ0) is 14.3. The monoisotopic (exact) mass is 275 g/mol. The molecule has 2 bridgehead atoms. The molecule has 2 saturated carbocycles. The van der Waals surface area contributed by atoms with Gasteiger partial charge in [0.15, 0.2) is 0 Å². The van der Waals surface area contributed by atoms with Gasteiger partial charge in [0.1, 0.15) is 0 Å². The van der Waals surface area contributed by atoms with Crippen LogP contribution in [0.25, 0.3) is 0 Å². The Morgan fingerprint density at radius 2 is 2.30 bits per heavy atom. The Balaban J connectivity index is 1.64. The topological polar surface area (TPSA) is 46.9 Å². The van der Waals surface area contributed by atoms with Gasteiger partial charge in [-0.3, -0.25) is 9.48 Å². The Hall–Kier alpha value is -1.32. The molecule has 4 nitrogen and oxygen atoms in total. The third-order valence-electron chi connectivity index (χ3n) is 5.31. The summed E-state index contributed by atoms with van der Waals surface area (Å²) in [7, 11) is 0. The van der Waals surface area contributed by atoms with Crippen molar-refractivity contribution in [2.24, 2.45) is 17.8 Å². The average Bonchev–Trinajstić information content (AvgIpc) is 3.12. The highest BCUT2D eigenvalue weighted by molar-refractivity contribution is 5.95. The predicted octanol–water partition coefficient (Wildman–Crippen LogP) is 2.77. The fourth-order valence-corrected chi connectivity index (χ4v) is 4.20. The van der Waals surface area contributed by atoms with Crippen LogP contribution in [0.5, 0.6) is 0 Å². The second-order valence-corrected chi connectivity index (χ2v) is 6.58. The van der Waals surface area contributed by atoms with Gasteiger partial charge in [-0.2, -0.15) is 5.10 Å². The Morgan fingerprint density at radius 3 is 2.85 bits per heavy atom. The van der Waals surface area contributed by atoms with Gasteiger partial charge in [0.2, 0.25) is 0 Å². The van der Waals surface area contributed by atoms with Crippen LogP contribution in [0.15, 0.2) is 6.20 Å². The number of rotatable bonds is 4. The van der Waals surface area contributed by atoms with E-state index < -0.39 is 0 Å². The standard InChI is InChI=1S/C16H25N3O/c1-4-19-9-15(11(3)18-19)16(20)17-10(2)14-8-12-5-6-13(14)7-12/h9-10,12-14H,4-8H2,1-3H3,(H,17,20)/t10-,12-,13-,14-/m1/s1. The van der Waals surface area contributed by atoms with E-state index in [4.69, 9.17) is 0 Å². The van der Waals surface area contributed by atoms with Gasteiger partial charge in [-0.25, -0.2) is 0 Å². The van der Waals surface area contributed by atoms with E-state index >= 15 is 0 Å². The molecule has 0 saturated heterocycles. The summed E-state index contributed by atoms with van der Waals surface area (Å²) in [6.45, 7) is 6.91. The van der Waals surface area contributed by atoms with E-state index in [1.54, 1.807) is 0 Å². The fourth-order valence-electron chi connectivity index (χ4n) is 4.20. The van der Waals surface area contributed by atoms with E-state index in [-0.39, 0.29) is 11.9 Å². The molecular formula is C16H25N3O. The van der Waals surface area contributed by atoms with Gasteiger partial charge in [0.25, 0.3) is 5.91 Å². The van der Waals surface area contributed by atoms with E-state index in [1.165, 1.54) is 25.7 Å². The van der Waals surface area contributed by atoms with Crippen molar-refractivity contribution in [3.8, 4) is 0 Å². The summed E-state index contributed by atoms with van der Waals surface area (Å²) >= 11 is 0. The van der Waals surface area contributed by atoms with Crippen LogP contribution in [0.2, 0.25) is 0 Å². The number of carbonyl (C=O) groups excluding carboxylic acids is 1. The van der Waals surface area contributed by atoms with E-state index in [9.17, 15) is 4.79 Å². The largest absolute Gasteiger partial charge is 0.349 e. The third-order valence-corrected chi connectivity index (χ3v) is 5.31. The Labute approximate surface area is 120 Å². The molecule has 0 aliphatic heterocycles. The lowest BCUT2D eigenvalue weighted by Crippen LogP contribution is -2.40. The highest BCUT2D eigenvalue weighted by atomic mass is 16.1. The smallest absolute Gasteiger partial charge is 0.254 e. The highest BCUT2D eigenvalue weighted by Crippen LogP contribution is 2.49. The first-order chi connectivity index (χ1) is 9.58. The molecule has 2 aliphatic rings. The number of amides is 1. The summed E-state index contributed by atoms with van der Waals surface area (Å²) in [5.74, 6) is 2.49. The molecule has 0 spiro atoms. The maximum absolute atomic E-state index is 12.4. The number of hydrogen-bond donors (Lipinski definition) is 1. The minimum Gasteiger partial charge on any atom is -0.349 e. The van der Waals surface area contributed by atoms with Gasteiger partial charge in [0.05, 0.1) is 11.3 Å². The average molecular weight is 275 g/mol. The first-order valence-electron chi connectivity index (χ1n) is 7.93. The lowest BCUT2D eigenvalue weighted by molar-refractivity contribution is 0.0914. The molecule has 2 aliphatic carbocycles. The Kier molecular flexibility index (Phi) is 3.57. The number of nitrogens with zero attached hydrogens (tertiary/aromatic N) is 2. The zero-order valence-electron chi connectivity index (χ0n) is 12.7. The van der Waals surface area contributed by atoms with E-state index in [1.807, 2.05) is 24.7 Å². The second kappa shape index (κ2) is 5.23. The van der Waals surface area contributed by atoms with Crippen LogP contribution in [0.3, 0.4) is 0 Å². The third kappa shape index (κ3) is 2.36. The van der Waals surface area contributed by atoms with Crippen LogP contribution in [-0.2, 0) is 6.54 Å². The molecule has 2 fully saturated rings. The van der Waals surface area contributed by atoms with Crippen molar-refractivity contribution in [3.63, 3.8) is 0 Å². The van der Waals surface area contributed by atoms with Crippen molar-refractivity contribution in [2.75, 3.05) is 0 Å². The molecule has 110 valence electrons. The first kappa shape index (κ1) is 13.7. The number of fused-ring (bicyclic) bond motifs is 2. The van der Waals surface area contributed by atoms with Gasteiger partial charge in [-0.15, -0.1) is 0 Å². The van der Waals surface area contributed by atoms with Crippen LogP contribution >= 0.6 is 0 Å². The van der Waals surface area contributed by atoms with Gasteiger partial charge in [0, 0.05) is 18.8 Å². The maximum Gasteiger partial charge on any atom is 0.254 e. The van der Waals surface area contributed by atoms with Crippen molar-refractivity contribution in [3.05, 3.63) is 17.5 Å². The first-order valence-corrected chi connectivity index (χ1v) is 7.93. The van der Waals surface area contributed by atoms with Crippen LogP contribution in [0.1, 0.15) is 55.6 Å². The summed E-state index contributed by atoms with van der Waals surface area (Å²) < 4.78 is 1.83. The van der Waals surface area contributed by atoms with Gasteiger partial charge < -0.3 is 5.32 Å². The summed E-state index contributed by atoms with van der Waals surface area (Å²) in [6, 6.07) is 0.280. The van der Waals surface area contributed by atoms with Crippen molar-refractivity contribution in [2.45, 2.75) is 59.0 Å². The van der Waals surface area contributed by atoms with Crippen LogP contribution < -0.4 is 5.32 Å². The summed E-state index contributed by atoms with van der Waals surface area (Å²) in [4.78, 5) is 12.4.